The van der Waals surface area contributed by atoms with Crippen molar-refractivity contribution in [3.8, 4) is 0 Å². The molecule has 1 aromatic rings. The van der Waals surface area contributed by atoms with Crippen LogP contribution in [0.4, 0.5) is 0 Å². The van der Waals surface area contributed by atoms with Crippen LogP contribution in [0.15, 0.2) is 32.0 Å². The number of rotatable bonds is 2. The van der Waals surface area contributed by atoms with Crippen molar-refractivity contribution < 1.29 is 8.42 Å². The van der Waals surface area contributed by atoms with Crippen molar-refractivity contribution in [3.63, 3.8) is 0 Å². The quantitative estimate of drug-likeness (QED) is 0.713. The van der Waals surface area contributed by atoms with Gasteiger partial charge >= 0.3 is 0 Å². The molecule has 7 heteroatoms. The fourth-order valence-electron chi connectivity index (χ4n) is 3.32. The van der Waals surface area contributed by atoms with E-state index in [0.717, 1.165) is 17.3 Å². The molecule has 2 heterocycles. The van der Waals surface area contributed by atoms with E-state index in [0.29, 0.717) is 34.5 Å². The second kappa shape index (κ2) is 5.92. The number of nitrogens with zero attached hydrogens (tertiary/aromatic N) is 2. The van der Waals surface area contributed by atoms with Crippen molar-refractivity contribution in [1.82, 2.24) is 9.21 Å². The van der Waals surface area contributed by atoms with Crippen molar-refractivity contribution in [2.75, 3.05) is 20.1 Å². The number of hydrogen-bond acceptors (Lipinski definition) is 3. The van der Waals surface area contributed by atoms with Crippen molar-refractivity contribution in [2.24, 2.45) is 0 Å². The number of likely N-dealkylation sites (N-methyl/N-ethyl adjacent to an activating group) is 1. The van der Waals surface area contributed by atoms with Crippen LogP contribution in [-0.4, -0.2) is 49.8 Å². The Morgan fingerprint density at radius 3 is 2.57 bits per heavy atom. The van der Waals surface area contributed by atoms with Crippen LogP contribution in [0.3, 0.4) is 0 Å². The molecule has 2 aliphatic heterocycles. The van der Waals surface area contributed by atoms with Gasteiger partial charge in [0, 0.05) is 34.1 Å². The maximum absolute atomic E-state index is 12.9. The van der Waals surface area contributed by atoms with Crippen LogP contribution in [0.2, 0.25) is 0 Å². The van der Waals surface area contributed by atoms with Crippen LogP contribution in [0.25, 0.3) is 0 Å². The first kappa shape index (κ1) is 15.9. The number of sulfonamides is 1. The van der Waals surface area contributed by atoms with Crippen LogP contribution in [0.1, 0.15) is 19.3 Å². The molecule has 2 aliphatic rings. The minimum Gasteiger partial charge on any atom is -0.299 e. The van der Waals surface area contributed by atoms with Gasteiger partial charge in [0.25, 0.3) is 0 Å². The summed E-state index contributed by atoms with van der Waals surface area (Å²) in [7, 11) is -1.32. The Morgan fingerprint density at radius 2 is 1.86 bits per heavy atom. The Morgan fingerprint density at radius 1 is 1.14 bits per heavy atom. The molecular formula is C14H18Br2N2O2S. The minimum atomic E-state index is -3.44. The SMILES string of the molecule is CN1C2CCC1CN(S(=O)(=O)c1ccc(Br)cc1Br)CC2. The smallest absolute Gasteiger partial charge is 0.244 e. The molecule has 0 spiro atoms. The molecule has 2 bridgehead atoms. The van der Waals surface area contributed by atoms with Gasteiger partial charge in [-0.05, 0) is 60.4 Å². The molecular weight excluding hydrogens is 420 g/mol. The highest BCUT2D eigenvalue weighted by Crippen LogP contribution is 2.33. The molecule has 0 amide bonds. The third kappa shape index (κ3) is 2.95. The van der Waals surface area contributed by atoms with E-state index < -0.39 is 10.0 Å². The lowest BCUT2D eigenvalue weighted by molar-refractivity contribution is 0.246. The lowest BCUT2D eigenvalue weighted by Gasteiger charge is -2.25. The lowest BCUT2D eigenvalue weighted by Crippen LogP contribution is -2.39. The normalized spacial score (nSPS) is 27.8. The molecule has 0 aromatic heterocycles. The average Bonchev–Trinajstić information content (AvgIpc) is 2.61. The highest BCUT2D eigenvalue weighted by Gasteiger charge is 2.39. The first-order chi connectivity index (χ1) is 9.89. The zero-order valence-corrected chi connectivity index (χ0v) is 15.8. The van der Waals surface area contributed by atoms with E-state index in [-0.39, 0.29) is 0 Å². The van der Waals surface area contributed by atoms with Gasteiger partial charge in [0.05, 0.1) is 4.90 Å². The highest BCUT2D eigenvalue weighted by molar-refractivity contribution is 9.11. The molecule has 1 aromatic carbocycles. The molecule has 0 radical (unpaired) electrons. The highest BCUT2D eigenvalue weighted by atomic mass is 79.9. The van der Waals surface area contributed by atoms with E-state index in [2.05, 4.69) is 43.8 Å². The maximum Gasteiger partial charge on any atom is 0.244 e. The van der Waals surface area contributed by atoms with E-state index in [9.17, 15) is 8.42 Å². The summed E-state index contributed by atoms with van der Waals surface area (Å²) in [5.74, 6) is 0. The van der Waals surface area contributed by atoms with Gasteiger partial charge in [-0.15, -0.1) is 0 Å². The topological polar surface area (TPSA) is 40.6 Å². The van der Waals surface area contributed by atoms with Gasteiger partial charge < -0.3 is 0 Å². The van der Waals surface area contributed by atoms with Gasteiger partial charge in [-0.2, -0.15) is 4.31 Å². The van der Waals surface area contributed by atoms with Crippen molar-refractivity contribution in [3.05, 3.63) is 27.1 Å². The second-order valence-electron chi connectivity index (χ2n) is 5.78. The van der Waals surface area contributed by atoms with Gasteiger partial charge in [-0.1, -0.05) is 15.9 Å². The zero-order valence-electron chi connectivity index (χ0n) is 11.8. The summed E-state index contributed by atoms with van der Waals surface area (Å²) in [4.78, 5) is 2.71. The van der Waals surface area contributed by atoms with E-state index in [4.69, 9.17) is 0 Å². The molecule has 3 rings (SSSR count). The van der Waals surface area contributed by atoms with Crippen molar-refractivity contribution >= 4 is 41.9 Å². The molecule has 21 heavy (non-hydrogen) atoms. The second-order valence-corrected chi connectivity index (χ2v) is 9.45. The zero-order chi connectivity index (χ0) is 15.2. The molecule has 4 nitrogen and oxygen atoms in total. The van der Waals surface area contributed by atoms with Crippen molar-refractivity contribution in [1.29, 1.82) is 0 Å². The van der Waals surface area contributed by atoms with Crippen molar-refractivity contribution in [2.45, 2.75) is 36.2 Å². The molecule has 0 saturated carbocycles. The minimum absolute atomic E-state index is 0.349. The fraction of sp³-hybridized carbons (Fsp3) is 0.571. The van der Waals surface area contributed by atoms with Gasteiger partial charge in [-0.3, -0.25) is 4.90 Å². The van der Waals surface area contributed by atoms with Gasteiger partial charge in [-0.25, -0.2) is 8.42 Å². The van der Waals surface area contributed by atoms with Gasteiger partial charge in [0.15, 0.2) is 0 Å². The molecule has 2 fully saturated rings. The summed E-state index contributed by atoms with van der Waals surface area (Å²) in [5, 5.41) is 0. The third-order valence-corrected chi connectivity index (χ3v) is 7.96. The van der Waals surface area contributed by atoms with Crippen LogP contribution in [-0.2, 0) is 10.0 Å². The number of hydrogen-bond donors (Lipinski definition) is 0. The van der Waals surface area contributed by atoms with E-state index in [1.54, 1.807) is 22.5 Å². The van der Waals surface area contributed by atoms with Gasteiger partial charge in [0.2, 0.25) is 10.0 Å². The number of benzene rings is 1. The number of fused-ring (bicyclic) bond motifs is 2. The Balaban J connectivity index is 1.91. The van der Waals surface area contributed by atoms with E-state index in [1.165, 1.54) is 6.42 Å². The standard InChI is InChI=1S/C14H18Br2N2O2S/c1-17-11-3-4-12(17)9-18(7-6-11)21(19,20)14-5-2-10(15)8-13(14)16/h2,5,8,11-12H,3-4,6-7,9H2,1H3. The summed E-state index contributed by atoms with van der Waals surface area (Å²) in [6, 6.07) is 6.10. The Labute approximate surface area is 142 Å². The summed E-state index contributed by atoms with van der Waals surface area (Å²) in [5.41, 5.74) is 0. The summed E-state index contributed by atoms with van der Waals surface area (Å²) in [6.07, 6.45) is 3.20. The Bertz CT molecular complexity index is 650. The van der Waals surface area contributed by atoms with Crippen LogP contribution in [0.5, 0.6) is 0 Å². The molecule has 0 N–H and O–H groups in total. The fourth-order valence-corrected chi connectivity index (χ4v) is 6.52. The molecule has 2 unspecified atom stereocenters. The summed E-state index contributed by atoms with van der Waals surface area (Å²) >= 11 is 6.74. The van der Waals surface area contributed by atoms with E-state index in [1.807, 2.05) is 0 Å². The number of halogens is 2. The van der Waals surface area contributed by atoms with Gasteiger partial charge in [0.1, 0.15) is 0 Å². The molecule has 2 atom stereocenters. The van der Waals surface area contributed by atoms with Crippen LogP contribution < -0.4 is 0 Å². The molecule has 2 saturated heterocycles. The monoisotopic (exact) mass is 436 g/mol. The first-order valence-electron chi connectivity index (χ1n) is 7.07. The average molecular weight is 438 g/mol. The molecule has 116 valence electrons. The summed E-state index contributed by atoms with van der Waals surface area (Å²) < 4.78 is 29.0. The Hall–Kier alpha value is 0.0500. The largest absolute Gasteiger partial charge is 0.299 e. The third-order valence-electron chi connectivity index (χ3n) is 4.62. The summed E-state index contributed by atoms with van der Waals surface area (Å²) in [6.45, 7) is 1.20. The van der Waals surface area contributed by atoms with Crippen LogP contribution in [0, 0.1) is 0 Å². The first-order valence-corrected chi connectivity index (χ1v) is 10.1. The maximum atomic E-state index is 12.9. The predicted octanol–water partition coefficient (Wildman–Crippen LogP) is 3.07. The molecule has 0 aliphatic carbocycles. The van der Waals surface area contributed by atoms with Crippen LogP contribution >= 0.6 is 31.9 Å². The lowest BCUT2D eigenvalue weighted by atomic mass is 10.1. The predicted molar refractivity (Wildman–Crippen MR) is 89.8 cm³/mol. The Kier molecular flexibility index (Phi) is 4.49. The van der Waals surface area contributed by atoms with E-state index >= 15 is 0 Å².